The lowest BCUT2D eigenvalue weighted by Crippen LogP contribution is -2.15. The molecule has 0 amide bonds. The van der Waals surface area contributed by atoms with E-state index in [4.69, 9.17) is 11.6 Å². The van der Waals surface area contributed by atoms with Crippen molar-refractivity contribution in [2.24, 2.45) is 0 Å². The zero-order chi connectivity index (χ0) is 15.6. The largest absolute Gasteiger partial charge is 0.505 e. The van der Waals surface area contributed by atoms with Gasteiger partial charge in [-0.25, -0.2) is 4.68 Å². The number of aryl methyl sites for hydroxylation is 1. The van der Waals surface area contributed by atoms with Crippen molar-refractivity contribution in [1.82, 2.24) is 14.8 Å². The first-order chi connectivity index (χ1) is 10.1. The van der Waals surface area contributed by atoms with Gasteiger partial charge in [0.25, 0.3) is 5.56 Å². The van der Waals surface area contributed by atoms with Gasteiger partial charge in [0.05, 0.1) is 5.52 Å². The van der Waals surface area contributed by atoms with Gasteiger partial charge in [-0.15, -0.1) is 0 Å². The Hall–Kier alpha value is -2.27. The van der Waals surface area contributed by atoms with Gasteiger partial charge in [-0.05, 0) is 30.7 Å². The van der Waals surface area contributed by atoms with Crippen molar-refractivity contribution in [2.45, 2.75) is 20.8 Å². The number of aromatic hydroxyl groups is 1. The lowest BCUT2D eigenvalue weighted by atomic mass is 10.1. The first-order valence-electron chi connectivity index (χ1n) is 6.63. The Labute approximate surface area is 126 Å². The van der Waals surface area contributed by atoms with Crippen LogP contribution in [0.4, 0.5) is 0 Å². The molecule has 0 aliphatic rings. The van der Waals surface area contributed by atoms with Gasteiger partial charge in [-0.3, -0.25) is 4.79 Å². The molecular formula is C15H16ClN3O2. The summed E-state index contributed by atoms with van der Waals surface area (Å²) in [4.78, 5) is 14.7. The zero-order valence-electron chi connectivity index (χ0n) is 12.0. The van der Waals surface area contributed by atoms with Crippen LogP contribution in [0.1, 0.15) is 19.4 Å². The minimum absolute atomic E-state index is 0.0965. The molecule has 0 unspecified atom stereocenters. The highest BCUT2D eigenvalue weighted by Crippen LogP contribution is 2.30. The van der Waals surface area contributed by atoms with Crippen molar-refractivity contribution in [3.8, 4) is 11.4 Å². The molecule has 1 aromatic carbocycles. The number of pyridine rings is 1. The van der Waals surface area contributed by atoms with E-state index in [1.807, 2.05) is 20.8 Å². The third kappa shape index (κ3) is 2.64. The second-order valence-electron chi connectivity index (χ2n) is 4.25. The summed E-state index contributed by atoms with van der Waals surface area (Å²) in [5.41, 5.74) is 0.991. The Kier molecular flexibility index (Phi) is 4.33. The number of nitrogens with one attached hydrogen (secondary N) is 1. The van der Waals surface area contributed by atoms with Crippen LogP contribution in [0.3, 0.4) is 0 Å². The summed E-state index contributed by atoms with van der Waals surface area (Å²) in [5.74, 6) is -0.109. The van der Waals surface area contributed by atoms with Crippen molar-refractivity contribution in [3.05, 3.63) is 51.5 Å². The average molecular weight is 306 g/mol. The molecule has 6 heteroatoms. The first-order valence-corrected chi connectivity index (χ1v) is 7.01. The van der Waals surface area contributed by atoms with Gasteiger partial charge in [0, 0.05) is 22.8 Å². The summed E-state index contributed by atoms with van der Waals surface area (Å²) in [6.45, 7) is 5.83. The molecular weight excluding hydrogens is 290 g/mol. The molecule has 2 heterocycles. The van der Waals surface area contributed by atoms with Gasteiger partial charge in [0.15, 0.2) is 11.4 Å². The third-order valence-electron chi connectivity index (χ3n) is 2.97. The number of hydrogen-bond acceptors (Lipinski definition) is 3. The Morgan fingerprint density at radius 1 is 1.33 bits per heavy atom. The van der Waals surface area contributed by atoms with E-state index in [1.54, 1.807) is 24.4 Å². The number of nitrogens with zero attached hydrogens (tertiary/aromatic N) is 2. The summed E-state index contributed by atoms with van der Waals surface area (Å²) in [6, 6.07) is 5.03. The molecule has 3 aromatic rings. The van der Waals surface area contributed by atoms with Gasteiger partial charge in [0.2, 0.25) is 0 Å². The van der Waals surface area contributed by atoms with Crippen molar-refractivity contribution >= 4 is 22.5 Å². The van der Waals surface area contributed by atoms with Gasteiger partial charge in [-0.1, -0.05) is 25.4 Å². The number of halogens is 1. The summed E-state index contributed by atoms with van der Waals surface area (Å²) in [6.07, 6.45) is 3.13. The Balaban J connectivity index is 0.000000774. The predicted molar refractivity (Wildman–Crippen MR) is 84.5 cm³/mol. The Morgan fingerprint density at radius 3 is 2.67 bits per heavy atom. The molecule has 0 atom stereocenters. The molecule has 0 radical (unpaired) electrons. The monoisotopic (exact) mass is 305 g/mol. The summed E-state index contributed by atoms with van der Waals surface area (Å²) in [7, 11) is 0. The van der Waals surface area contributed by atoms with Gasteiger partial charge in [-0.2, -0.15) is 5.10 Å². The molecule has 0 aliphatic heterocycles. The van der Waals surface area contributed by atoms with Crippen molar-refractivity contribution in [1.29, 1.82) is 0 Å². The SMILES string of the molecule is CC.Cc1cc2c(O)c(-n3cccn3)c(=O)[nH]c2cc1Cl. The summed E-state index contributed by atoms with van der Waals surface area (Å²) < 4.78 is 1.33. The minimum atomic E-state index is -0.423. The average Bonchev–Trinajstić information content (AvgIpc) is 2.97. The van der Waals surface area contributed by atoms with E-state index in [2.05, 4.69) is 10.1 Å². The molecule has 3 rings (SSSR count). The maximum atomic E-state index is 12.0. The smallest absolute Gasteiger partial charge is 0.278 e. The number of rotatable bonds is 1. The van der Waals surface area contributed by atoms with E-state index < -0.39 is 5.56 Å². The molecule has 2 N–H and O–H groups in total. The second-order valence-corrected chi connectivity index (χ2v) is 4.66. The fraction of sp³-hybridized carbons (Fsp3) is 0.200. The molecule has 0 saturated heterocycles. The fourth-order valence-corrected chi connectivity index (χ4v) is 2.17. The van der Waals surface area contributed by atoms with E-state index in [-0.39, 0.29) is 11.4 Å². The van der Waals surface area contributed by atoms with Gasteiger partial charge < -0.3 is 10.1 Å². The lowest BCUT2D eigenvalue weighted by molar-refractivity contribution is 0.475. The Morgan fingerprint density at radius 2 is 2.05 bits per heavy atom. The first kappa shape index (κ1) is 15.1. The predicted octanol–water partition coefficient (Wildman–Crippen LogP) is 3.41. The number of aromatic nitrogens is 3. The van der Waals surface area contributed by atoms with E-state index in [9.17, 15) is 9.90 Å². The van der Waals surface area contributed by atoms with E-state index in [0.717, 1.165) is 5.56 Å². The quantitative estimate of drug-likeness (QED) is 0.724. The van der Waals surface area contributed by atoms with Crippen molar-refractivity contribution < 1.29 is 5.11 Å². The van der Waals surface area contributed by atoms with Crippen LogP contribution >= 0.6 is 11.6 Å². The van der Waals surface area contributed by atoms with Crippen molar-refractivity contribution in [2.75, 3.05) is 0 Å². The van der Waals surface area contributed by atoms with E-state index in [1.165, 1.54) is 10.9 Å². The third-order valence-corrected chi connectivity index (χ3v) is 3.38. The standard InChI is InChI=1S/C13H10ClN3O2.C2H6/c1-7-5-8-10(6-9(7)14)16-13(19)11(12(8)18)17-4-2-3-15-17;1-2/h2-6H,1H3,(H2,16,18,19);1-2H3. The number of fused-ring (bicyclic) bond motifs is 1. The topological polar surface area (TPSA) is 70.9 Å². The molecule has 0 saturated carbocycles. The van der Waals surface area contributed by atoms with Crippen LogP contribution < -0.4 is 5.56 Å². The molecule has 0 spiro atoms. The molecule has 0 fully saturated rings. The highest BCUT2D eigenvalue weighted by molar-refractivity contribution is 6.32. The van der Waals surface area contributed by atoms with E-state index in [0.29, 0.717) is 15.9 Å². The maximum Gasteiger partial charge on any atom is 0.278 e. The maximum absolute atomic E-state index is 12.0. The lowest BCUT2D eigenvalue weighted by Gasteiger charge is -2.09. The number of benzene rings is 1. The van der Waals surface area contributed by atoms with Crippen LogP contribution in [0, 0.1) is 6.92 Å². The van der Waals surface area contributed by atoms with E-state index >= 15 is 0 Å². The molecule has 2 aromatic heterocycles. The van der Waals surface area contributed by atoms with Crippen molar-refractivity contribution in [3.63, 3.8) is 0 Å². The Bertz CT molecular complexity index is 823. The highest BCUT2D eigenvalue weighted by Gasteiger charge is 2.14. The second kappa shape index (κ2) is 6.01. The number of aromatic amines is 1. The van der Waals surface area contributed by atoms with Crippen LogP contribution in [-0.4, -0.2) is 19.9 Å². The van der Waals surface area contributed by atoms with Crippen LogP contribution in [0.15, 0.2) is 35.4 Å². The molecule has 0 aliphatic carbocycles. The fourth-order valence-electron chi connectivity index (χ4n) is 2.01. The summed E-state index contributed by atoms with van der Waals surface area (Å²) >= 11 is 6.01. The number of hydrogen-bond donors (Lipinski definition) is 2. The van der Waals surface area contributed by atoms with Gasteiger partial charge >= 0.3 is 0 Å². The molecule has 5 nitrogen and oxygen atoms in total. The highest BCUT2D eigenvalue weighted by atomic mass is 35.5. The molecule has 0 bridgehead atoms. The van der Waals surface area contributed by atoms with Crippen LogP contribution in [0.2, 0.25) is 5.02 Å². The van der Waals surface area contributed by atoms with Crippen LogP contribution in [0.25, 0.3) is 16.6 Å². The van der Waals surface area contributed by atoms with Gasteiger partial charge in [0.1, 0.15) is 0 Å². The molecule has 21 heavy (non-hydrogen) atoms. The number of H-pyrrole nitrogens is 1. The van der Waals surface area contributed by atoms with Crippen LogP contribution in [-0.2, 0) is 0 Å². The molecule has 110 valence electrons. The minimum Gasteiger partial charge on any atom is -0.505 e. The summed E-state index contributed by atoms with van der Waals surface area (Å²) in [5, 5.41) is 15.3. The normalized spacial score (nSPS) is 10.3. The van der Waals surface area contributed by atoms with Crippen LogP contribution in [0.5, 0.6) is 5.75 Å². The zero-order valence-corrected chi connectivity index (χ0v) is 12.8.